The molecule has 0 spiro atoms. The van der Waals surface area contributed by atoms with Crippen LogP contribution in [-0.2, 0) is 0 Å². The van der Waals surface area contributed by atoms with Gasteiger partial charge in [0.2, 0.25) is 0 Å². The molecule has 0 amide bonds. The highest BCUT2D eigenvalue weighted by Crippen LogP contribution is 2.15. The topological polar surface area (TPSA) is 107 Å². The number of nitrogens with one attached hydrogen (secondary N) is 1. The Hall–Kier alpha value is -1.69. The van der Waals surface area contributed by atoms with E-state index >= 15 is 0 Å². The molecule has 1 radical (unpaired) electrons. The number of hydrogen-bond acceptors (Lipinski definition) is 4. The Balaban J connectivity index is 0. The van der Waals surface area contributed by atoms with Gasteiger partial charge in [-0.15, -0.1) is 0 Å². The average molecular weight is 236 g/mol. The first-order valence-electron chi connectivity index (χ1n) is 5.15. The van der Waals surface area contributed by atoms with E-state index in [0.29, 0.717) is 0 Å². The van der Waals surface area contributed by atoms with Gasteiger partial charge in [-0.3, -0.25) is 5.10 Å². The molecule has 0 fully saturated rings. The number of benzene rings is 1. The van der Waals surface area contributed by atoms with Crippen molar-refractivity contribution < 1.29 is 0 Å². The van der Waals surface area contributed by atoms with E-state index in [1.807, 2.05) is 30.5 Å². The lowest BCUT2D eigenvalue weighted by molar-refractivity contribution is 1.09. The van der Waals surface area contributed by atoms with E-state index in [9.17, 15) is 0 Å². The van der Waals surface area contributed by atoms with Crippen LogP contribution >= 0.6 is 0 Å². The van der Waals surface area contributed by atoms with Crippen molar-refractivity contribution in [2.75, 3.05) is 21.1 Å². The Labute approximate surface area is 103 Å². The molecule has 0 aliphatic heterocycles. The number of rotatable bonds is 1. The second-order valence-electron chi connectivity index (χ2n) is 2.28. The van der Waals surface area contributed by atoms with Crippen LogP contribution in [0.5, 0.6) is 0 Å². The zero-order chi connectivity index (χ0) is 13.5. The molecule has 95 valence electrons. The van der Waals surface area contributed by atoms with Crippen LogP contribution in [0, 0.1) is 6.07 Å². The molecule has 5 heteroatoms. The molecule has 5 nitrogen and oxygen atoms in total. The molecule has 17 heavy (non-hydrogen) atoms. The van der Waals surface area contributed by atoms with Crippen LogP contribution in [0.25, 0.3) is 11.1 Å². The van der Waals surface area contributed by atoms with E-state index < -0.39 is 0 Å². The van der Waals surface area contributed by atoms with Crippen LogP contribution in [0.3, 0.4) is 0 Å². The summed E-state index contributed by atoms with van der Waals surface area (Å²) in [5, 5.41) is 6.62. The lowest BCUT2D eigenvalue weighted by Gasteiger charge is -1.92. The van der Waals surface area contributed by atoms with Crippen LogP contribution in [0.2, 0.25) is 0 Å². The van der Waals surface area contributed by atoms with Gasteiger partial charge in [-0.25, -0.2) is 0 Å². The van der Waals surface area contributed by atoms with E-state index in [2.05, 4.69) is 33.5 Å². The summed E-state index contributed by atoms with van der Waals surface area (Å²) in [6.07, 6.45) is 3.66. The summed E-state index contributed by atoms with van der Waals surface area (Å²) in [6, 6.07) is 10.8. The number of nitrogens with two attached hydrogens (primary N) is 3. The molecule has 1 aromatic carbocycles. The number of hydrogen-bond donors (Lipinski definition) is 4. The van der Waals surface area contributed by atoms with Crippen molar-refractivity contribution >= 4 is 0 Å². The molecule has 2 rings (SSSR count). The predicted octanol–water partition coefficient (Wildman–Crippen LogP) is 0.602. The average Bonchev–Trinajstić information content (AvgIpc) is 3.01. The number of aromatic amines is 1. The standard InChI is InChI=1S/C9H7N2.3CH5N/c1-2-4-8(5-3-1)9-6-10-11-7-9;3*1-2/h1-2,4-7H,(H,10,11);3*2H2,1H3. The van der Waals surface area contributed by atoms with Crippen molar-refractivity contribution in [1.29, 1.82) is 0 Å². The fraction of sp³-hybridized carbons (Fsp3) is 0.250. The van der Waals surface area contributed by atoms with E-state index in [0.717, 1.165) is 11.1 Å². The molecular weight excluding hydrogens is 214 g/mol. The summed E-state index contributed by atoms with van der Waals surface area (Å²) in [5.74, 6) is 0. The van der Waals surface area contributed by atoms with Gasteiger partial charge in [-0.1, -0.05) is 18.2 Å². The first kappa shape index (κ1) is 17.7. The molecule has 0 atom stereocenters. The van der Waals surface area contributed by atoms with Crippen LogP contribution in [0.15, 0.2) is 36.7 Å². The largest absolute Gasteiger partial charge is 0.333 e. The normalized spacial score (nSPS) is 7.41. The van der Waals surface area contributed by atoms with Crippen molar-refractivity contribution in [2.24, 2.45) is 17.2 Å². The van der Waals surface area contributed by atoms with Crippen LogP contribution < -0.4 is 17.2 Å². The fourth-order valence-electron chi connectivity index (χ4n) is 0.982. The molecule has 0 unspecified atom stereocenters. The van der Waals surface area contributed by atoms with Crippen LogP contribution in [0.1, 0.15) is 0 Å². The lowest BCUT2D eigenvalue weighted by Crippen LogP contribution is -1.70. The molecule has 1 heterocycles. The minimum absolute atomic E-state index is 1.10. The van der Waals surface area contributed by atoms with Crippen molar-refractivity contribution in [3.63, 3.8) is 0 Å². The molecule has 0 aliphatic carbocycles. The summed E-state index contributed by atoms with van der Waals surface area (Å²) < 4.78 is 0. The Morgan fingerprint density at radius 2 is 1.71 bits per heavy atom. The number of H-pyrrole nitrogens is 1. The Morgan fingerprint density at radius 3 is 2.12 bits per heavy atom. The first-order valence-corrected chi connectivity index (χ1v) is 5.15. The number of aromatic nitrogens is 2. The van der Waals surface area contributed by atoms with E-state index in [4.69, 9.17) is 0 Å². The highest BCUT2D eigenvalue weighted by atomic mass is 15.1. The Kier molecular flexibility index (Phi) is 14.9. The van der Waals surface area contributed by atoms with Gasteiger partial charge in [0.05, 0.1) is 6.20 Å². The van der Waals surface area contributed by atoms with Crippen molar-refractivity contribution in [3.8, 4) is 11.1 Å². The Morgan fingerprint density at radius 1 is 1.06 bits per heavy atom. The SMILES string of the molecule is CN.CN.CN.[c]1cccc(-c2cn[nH]c2)c1. The van der Waals surface area contributed by atoms with Gasteiger partial charge >= 0.3 is 0 Å². The monoisotopic (exact) mass is 236 g/mol. The van der Waals surface area contributed by atoms with Crippen LogP contribution in [0.4, 0.5) is 0 Å². The van der Waals surface area contributed by atoms with Crippen molar-refractivity contribution in [3.05, 3.63) is 42.7 Å². The van der Waals surface area contributed by atoms with Gasteiger partial charge in [0.15, 0.2) is 0 Å². The van der Waals surface area contributed by atoms with Gasteiger partial charge in [0.1, 0.15) is 0 Å². The molecule has 2 aromatic rings. The first-order chi connectivity index (χ1) is 8.47. The van der Waals surface area contributed by atoms with E-state index in [1.54, 1.807) is 6.20 Å². The minimum atomic E-state index is 1.10. The quantitative estimate of drug-likeness (QED) is 0.581. The molecule has 7 N–H and O–H groups in total. The summed E-state index contributed by atoms with van der Waals surface area (Å²) in [6.45, 7) is 0. The summed E-state index contributed by atoms with van der Waals surface area (Å²) in [5.41, 5.74) is 15.7. The molecule has 0 saturated carbocycles. The van der Waals surface area contributed by atoms with Gasteiger partial charge in [0.25, 0.3) is 0 Å². The predicted molar refractivity (Wildman–Crippen MR) is 73.2 cm³/mol. The zero-order valence-corrected chi connectivity index (χ0v) is 10.6. The molecule has 0 bridgehead atoms. The maximum Gasteiger partial charge on any atom is 0.0565 e. The third kappa shape index (κ3) is 7.24. The summed E-state index contributed by atoms with van der Waals surface area (Å²) >= 11 is 0. The highest BCUT2D eigenvalue weighted by molar-refractivity contribution is 5.60. The maximum absolute atomic E-state index is 4.50. The van der Waals surface area contributed by atoms with Gasteiger partial charge in [-0.05, 0) is 38.8 Å². The maximum atomic E-state index is 4.50. The van der Waals surface area contributed by atoms with Gasteiger partial charge in [-0.2, -0.15) is 5.10 Å². The summed E-state index contributed by atoms with van der Waals surface area (Å²) in [4.78, 5) is 0. The van der Waals surface area contributed by atoms with Crippen LogP contribution in [-0.4, -0.2) is 31.3 Å². The van der Waals surface area contributed by atoms with Gasteiger partial charge < -0.3 is 17.2 Å². The lowest BCUT2D eigenvalue weighted by atomic mass is 10.1. The highest BCUT2D eigenvalue weighted by Gasteiger charge is 1.94. The van der Waals surface area contributed by atoms with Gasteiger partial charge in [0, 0.05) is 11.8 Å². The summed E-state index contributed by atoms with van der Waals surface area (Å²) in [7, 11) is 4.50. The molecule has 0 aliphatic rings. The second kappa shape index (κ2) is 14.3. The molecule has 0 saturated heterocycles. The number of nitrogens with zero attached hydrogens (tertiary/aromatic N) is 1. The Bertz CT molecular complexity index is 318. The third-order valence-electron chi connectivity index (χ3n) is 1.54. The zero-order valence-electron chi connectivity index (χ0n) is 10.6. The van der Waals surface area contributed by atoms with E-state index in [-0.39, 0.29) is 0 Å². The minimum Gasteiger partial charge on any atom is -0.333 e. The fourth-order valence-corrected chi connectivity index (χ4v) is 0.982. The van der Waals surface area contributed by atoms with Crippen molar-refractivity contribution in [2.45, 2.75) is 0 Å². The second-order valence-corrected chi connectivity index (χ2v) is 2.28. The molecular formula is C12H22N5. The van der Waals surface area contributed by atoms with E-state index in [1.165, 1.54) is 21.1 Å². The third-order valence-corrected chi connectivity index (χ3v) is 1.54. The van der Waals surface area contributed by atoms with Crippen molar-refractivity contribution in [1.82, 2.24) is 10.2 Å². The smallest absolute Gasteiger partial charge is 0.0565 e. The molecule has 1 aromatic heterocycles.